The molecule has 1 aromatic rings. The zero-order valence-electron chi connectivity index (χ0n) is 11.6. The summed E-state index contributed by atoms with van der Waals surface area (Å²) in [5.74, 6) is 5.77. The van der Waals surface area contributed by atoms with Crippen LogP contribution in [-0.2, 0) is 0 Å². The number of nitrogens with zero attached hydrogens (tertiary/aromatic N) is 2. The van der Waals surface area contributed by atoms with Crippen LogP contribution in [0.1, 0.15) is 51.1 Å². The molecule has 104 valence electrons. The molecule has 0 spiro atoms. The number of aromatic nitrogens is 2. The first-order valence-electron chi connectivity index (χ1n) is 6.71. The Hall–Kier alpha value is -1.80. The van der Waals surface area contributed by atoms with Gasteiger partial charge >= 0.3 is 5.69 Å². The average Bonchev–Trinajstić information content (AvgIpc) is 2.38. The summed E-state index contributed by atoms with van der Waals surface area (Å²) < 4.78 is 1.66. The second-order valence-corrected chi connectivity index (χ2v) is 4.47. The molecule has 0 amide bonds. The van der Waals surface area contributed by atoms with E-state index in [9.17, 15) is 4.79 Å². The van der Waals surface area contributed by atoms with Crippen molar-refractivity contribution in [2.75, 3.05) is 12.3 Å². The van der Waals surface area contributed by atoms with E-state index in [1.165, 1.54) is 0 Å². The number of nitrogen functional groups attached to an aromatic ring is 1. The van der Waals surface area contributed by atoms with Gasteiger partial charge in [-0.2, -0.15) is 4.98 Å². The summed E-state index contributed by atoms with van der Waals surface area (Å²) >= 11 is 0. The van der Waals surface area contributed by atoms with E-state index in [4.69, 9.17) is 11.5 Å². The smallest absolute Gasteiger partial charge is 0.349 e. The van der Waals surface area contributed by atoms with E-state index >= 15 is 0 Å². The van der Waals surface area contributed by atoms with Crippen LogP contribution in [0.2, 0.25) is 0 Å². The maximum Gasteiger partial charge on any atom is 0.349 e. The van der Waals surface area contributed by atoms with Crippen molar-refractivity contribution < 1.29 is 0 Å². The Bertz CT molecular complexity index is 518. The van der Waals surface area contributed by atoms with Crippen molar-refractivity contribution in [3.05, 3.63) is 22.2 Å². The summed E-state index contributed by atoms with van der Waals surface area (Å²) in [6, 6.07) is 0.161. The minimum absolute atomic E-state index is 0.161. The lowest BCUT2D eigenvalue weighted by Gasteiger charge is -2.18. The first kappa shape index (κ1) is 15.3. The fraction of sp³-hybridized carbons (Fsp3) is 0.571. The summed E-state index contributed by atoms with van der Waals surface area (Å²) in [5.41, 5.74) is 11.3. The first-order chi connectivity index (χ1) is 9.13. The summed E-state index contributed by atoms with van der Waals surface area (Å²) in [4.78, 5) is 15.8. The third-order valence-electron chi connectivity index (χ3n) is 2.94. The Morgan fingerprint density at radius 3 is 2.53 bits per heavy atom. The summed E-state index contributed by atoms with van der Waals surface area (Å²) in [6.07, 6.45) is 5.64. The summed E-state index contributed by atoms with van der Waals surface area (Å²) in [6.45, 7) is 4.47. The molecule has 0 bridgehead atoms. The topological polar surface area (TPSA) is 86.9 Å². The van der Waals surface area contributed by atoms with Gasteiger partial charge in [-0.1, -0.05) is 38.5 Å². The average molecular weight is 262 g/mol. The molecule has 0 saturated heterocycles. The Labute approximate surface area is 114 Å². The monoisotopic (exact) mass is 262 g/mol. The molecule has 5 nitrogen and oxygen atoms in total. The van der Waals surface area contributed by atoms with Gasteiger partial charge in [0, 0.05) is 12.2 Å². The third kappa shape index (κ3) is 4.11. The lowest BCUT2D eigenvalue weighted by molar-refractivity contribution is 0.410. The second kappa shape index (κ2) is 7.59. The predicted molar refractivity (Wildman–Crippen MR) is 77.7 cm³/mol. The van der Waals surface area contributed by atoms with Crippen LogP contribution < -0.4 is 17.2 Å². The maximum absolute atomic E-state index is 12.0. The van der Waals surface area contributed by atoms with Gasteiger partial charge in [-0.05, 0) is 12.8 Å². The number of rotatable bonds is 5. The molecular formula is C14H22N4O. The lowest BCUT2D eigenvalue weighted by Crippen LogP contribution is -2.28. The number of nitrogens with two attached hydrogens (primary N) is 2. The molecule has 0 aliphatic carbocycles. The normalized spacial score (nSPS) is 10.3. The van der Waals surface area contributed by atoms with Gasteiger partial charge in [-0.25, -0.2) is 4.79 Å². The molecule has 0 fully saturated rings. The number of hydrogen-bond acceptors (Lipinski definition) is 4. The van der Waals surface area contributed by atoms with Crippen LogP contribution in [0.15, 0.2) is 11.0 Å². The van der Waals surface area contributed by atoms with Crippen LogP contribution >= 0.6 is 0 Å². The predicted octanol–water partition coefficient (Wildman–Crippen LogP) is 1.28. The molecular weight excluding hydrogens is 240 g/mol. The van der Waals surface area contributed by atoms with Crippen molar-refractivity contribution in [2.24, 2.45) is 5.73 Å². The summed E-state index contributed by atoms with van der Waals surface area (Å²) in [7, 11) is 0. The minimum atomic E-state index is -0.303. The maximum atomic E-state index is 12.0. The van der Waals surface area contributed by atoms with Gasteiger partial charge in [0.05, 0.1) is 12.1 Å². The molecule has 0 saturated carbocycles. The Morgan fingerprint density at radius 1 is 1.37 bits per heavy atom. The van der Waals surface area contributed by atoms with Crippen molar-refractivity contribution >= 4 is 5.82 Å². The first-order valence-corrected chi connectivity index (χ1v) is 6.71. The van der Waals surface area contributed by atoms with Crippen LogP contribution in [0, 0.1) is 11.8 Å². The highest BCUT2D eigenvalue weighted by molar-refractivity contribution is 5.49. The molecule has 1 aromatic heterocycles. The molecule has 0 radical (unpaired) electrons. The highest BCUT2D eigenvalue weighted by atomic mass is 16.1. The molecule has 1 heterocycles. The van der Waals surface area contributed by atoms with Crippen molar-refractivity contribution in [1.29, 1.82) is 0 Å². The highest BCUT2D eigenvalue weighted by Crippen LogP contribution is 2.19. The largest absolute Gasteiger partial charge is 0.382 e. The third-order valence-corrected chi connectivity index (χ3v) is 2.94. The van der Waals surface area contributed by atoms with Gasteiger partial charge in [-0.3, -0.25) is 4.57 Å². The van der Waals surface area contributed by atoms with Gasteiger partial charge in [0.25, 0.3) is 0 Å². The molecule has 4 N–H and O–H groups in total. The van der Waals surface area contributed by atoms with E-state index in [0.29, 0.717) is 5.56 Å². The Kier molecular flexibility index (Phi) is 6.10. The molecule has 0 aliphatic heterocycles. The van der Waals surface area contributed by atoms with Crippen LogP contribution in [-0.4, -0.2) is 16.1 Å². The van der Waals surface area contributed by atoms with E-state index in [2.05, 4.69) is 30.7 Å². The Morgan fingerprint density at radius 2 is 2.00 bits per heavy atom. The molecule has 0 unspecified atom stereocenters. The number of anilines is 1. The lowest BCUT2D eigenvalue weighted by atomic mass is 10.1. The second-order valence-electron chi connectivity index (χ2n) is 4.47. The van der Waals surface area contributed by atoms with Crippen LogP contribution in [0.5, 0.6) is 0 Å². The van der Waals surface area contributed by atoms with Crippen LogP contribution in [0.4, 0.5) is 5.82 Å². The molecule has 1 rings (SSSR count). The van der Waals surface area contributed by atoms with Crippen molar-refractivity contribution in [2.45, 2.75) is 45.6 Å². The highest BCUT2D eigenvalue weighted by Gasteiger charge is 2.13. The van der Waals surface area contributed by atoms with Gasteiger partial charge in [0.2, 0.25) is 0 Å². The molecule has 0 aliphatic rings. The SMILES string of the molecule is CCCC(CCC)n1cc(C#CCN)c(N)nc1=O. The van der Waals surface area contributed by atoms with E-state index in [1.807, 2.05) is 0 Å². The summed E-state index contributed by atoms with van der Waals surface area (Å²) in [5, 5.41) is 0. The van der Waals surface area contributed by atoms with E-state index < -0.39 is 0 Å². The van der Waals surface area contributed by atoms with Gasteiger partial charge in [-0.15, -0.1) is 0 Å². The van der Waals surface area contributed by atoms with Crippen LogP contribution in [0.3, 0.4) is 0 Å². The molecule has 0 aromatic carbocycles. The molecule has 5 heteroatoms. The van der Waals surface area contributed by atoms with Gasteiger partial charge in [0.15, 0.2) is 0 Å². The standard InChI is InChI=1S/C14H22N4O/c1-3-6-12(7-4-2)18-10-11(8-5-9-15)13(16)17-14(18)19/h10,12H,3-4,6-7,9,15H2,1-2H3,(H2,16,17,19). The van der Waals surface area contributed by atoms with E-state index in [-0.39, 0.29) is 24.1 Å². The zero-order valence-corrected chi connectivity index (χ0v) is 11.6. The van der Waals surface area contributed by atoms with Gasteiger partial charge < -0.3 is 11.5 Å². The van der Waals surface area contributed by atoms with E-state index in [0.717, 1.165) is 25.7 Å². The Balaban J connectivity index is 3.21. The van der Waals surface area contributed by atoms with E-state index in [1.54, 1.807) is 10.8 Å². The fourth-order valence-electron chi connectivity index (χ4n) is 2.07. The zero-order chi connectivity index (χ0) is 14.3. The minimum Gasteiger partial charge on any atom is -0.382 e. The molecule has 0 atom stereocenters. The van der Waals surface area contributed by atoms with Crippen LogP contribution in [0.25, 0.3) is 0 Å². The molecule has 19 heavy (non-hydrogen) atoms. The quantitative estimate of drug-likeness (QED) is 0.782. The van der Waals surface area contributed by atoms with Crippen molar-refractivity contribution in [3.63, 3.8) is 0 Å². The van der Waals surface area contributed by atoms with Crippen molar-refractivity contribution in [1.82, 2.24) is 9.55 Å². The fourth-order valence-corrected chi connectivity index (χ4v) is 2.07. The van der Waals surface area contributed by atoms with Gasteiger partial charge in [0.1, 0.15) is 5.82 Å². The van der Waals surface area contributed by atoms with Crippen molar-refractivity contribution in [3.8, 4) is 11.8 Å². The number of hydrogen-bond donors (Lipinski definition) is 2.